The predicted octanol–water partition coefficient (Wildman–Crippen LogP) is -0.0303. The molecule has 4 heteroatoms. The van der Waals surface area contributed by atoms with Crippen molar-refractivity contribution < 1.29 is 0 Å². The topological polar surface area (TPSA) is 48.1 Å². The zero-order chi connectivity index (χ0) is 13.2. The first kappa shape index (κ1) is 14.5. The lowest BCUT2D eigenvalue weighted by Crippen LogP contribution is -2.46. The van der Waals surface area contributed by atoms with Gasteiger partial charge in [-0.3, -0.25) is 0 Å². The summed E-state index contributed by atoms with van der Waals surface area (Å²) in [5, 5.41) is 14.0. The maximum atomic E-state index is 3.64. The van der Waals surface area contributed by atoms with Gasteiger partial charge in [-0.25, -0.2) is 0 Å². The highest BCUT2D eigenvalue weighted by atomic mass is 15.0. The number of benzene rings is 1. The predicted molar refractivity (Wildman–Crippen MR) is 80.5 cm³/mol. The van der Waals surface area contributed by atoms with Crippen molar-refractivity contribution >= 4 is 0 Å². The molecule has 0 radical (unpaired) electrons. The molecule has 0 bridgehead atoms. The van der Waals surface area contributed by atoms with Crippen LogP contribution in [0.4, 0.5) is 0 Å². The molecule has 1 aliphatic heterocycles. The third-order valence-electron chi connectivity index (χ3n) is 3.41. The van der Waals surface area contributed by atoms with Crippen LogP contribution in [0.1, 0.15) is 5.56 Å². The van der Waals surface area contributed by atoms with E-state index in [9.17, 15) is 0 Å². The summed E-state index contributed by atoms with van der Waals surface area (Å²) < 4.78 is 0. The second kappa shape index (κ2) is 9.04. The SMILES string of the molecule is c1ccc(C[C@@H]2CNCCNCCNCCN2)cc1. The van der Waals surface area contributed by atoms with E-state index in [2.05, 4.69) is 51.6 Å². The van der Waals surface area contributed by atoms with Gasteiger partial charge in [0.05, 0.1) is 0 Å². The van der Waals surface area contributed by atoms with Crippen LogP contribution in [0.25, 0.3) is 0 Å². The Labute approximate surface area is 116 Å². The fourth-order valence-corrected chi connectivity index (χ4v) is 2.36. The molecule has 1 fully saturated rings. The smallest absolute Gasteiger partial charge is 0.0233 e. The number of rotatable bonds is 2. The van der Waals surface area contributed by atoms with E-state index >= 15 is 0 Å². The zero-order valence-electron chi connectivity index (χ0n) is 11.6. The van der Waals surface area contributed by atoms with Gasteiger partial charge in [-0.2, -0.15) is 0 Å². The molecule has 2 rings (SSSR count). The molecule has 1 aliphatic rings. The van der Waals surface area contributed by atoms with Gasteiger partial charge in [0.15, 0.2) is 0 Å². The molecule has 4 nitrogen and oxygen atoms in total. The summed E-state index contributed by atoms with van der Waals surface area (Å²) in [6.45, 7) is 7.26. The maximum Gasteiger partial charge on any atom is 0.0233 e. The van der Waals surface area contributed by atoms with Crippen molar-refractivity contribution in [1.29, 1.82) is 0 Å². The van der Waals surface area contributed by atoms with Gasteiger partial charge < -0.3 is 21.3 Å². The Hall–Kier alpha value is -0.940. The van der Waals surface area contributed by atoms with Crippen molar-refractivity contribution in [3.63, 3.8) is 0 Å². The normalized spacial score (nSPS) is 23.3. The van der Waals surface area contributed by atoms with Gasteiger partial charge in [-0.1, -0.05) is 30.3 Å². The summed E-state index contributed by atoms with van der Waals surface area (Å²) in [6, 6.07) is 11.2. The Balaban J connectivity index is 1.81. The first-order chi connectivity index (χ1) is 9.45. The maximum absolute atomic E-state index is 3.64. The van der Waals surface area contributed by atoms with Crippen LogP contribution in [-0.4, -0.2) is 51.9 Å². The molecular weight excluding hydrogens is 236 g/mol. The van der Waals surface area contributed by atoms with Crippen LogP contribution in [0.15, 0.2) is 30.3 Å². The lowest BCUT2D eigenvalue weighted by atomic mass is 10.1. The average Bonchev–Trinajstić information content (AvgIpc) is 2.43. The summed E-state index contributed by atoms with van der Waals surface area (Å²) in [5.74, 6) is 0. The minimum atomic E-state index is 0.503. The molecule has 1 atom stereocenters. The van der Waals surface area contributed by atoms with Crippen LogP contribution in [0, 0.1) is 0 Å². The molecule has 1 heterocycles. The van der Waals surface area contributed by atoms with E-state index in [1.807, 2.05) is 0 Å². The summed E-state index contributed by atoms with van der Waals surface area (Å²) in [6.07, 6.45) is 1.08. The molecule has 0 aliphatic carbocycles. The van der Waals surface area contributed by atoms with Crippen LogP contribution in [0.3, 0.4) is 0 Å². The van der Waals surface area contributed by atoms with E-state index in [1.54, 1.807) is 0 Å². The highest BCUT2D eigenvalue weighted by molar-refractivity contribution is 5.16. The van der Waals surface area contributed by atoms with E-state index in [0.29, 0.717) is 6.04 Å². The fourth-order valence-electron chi connectivity index (χ4n) is 2.36. The standard InChI is InChI=1S/C15H26N4/c1-2-4-14(5-3-1)12-15-13-18-9-8-16-6-7-17-10-11-19-15/h1-5,15-19H,6-13H2/t15-/m1/s1. The monoisotopic (exact) mass is 262 g/mol. The van der Waals surface area contributed by atoms with E-state index in [-0.39, 0.29) is 0 Å². The van der Waals surface area contributed by atoms with Crippen LogP contribution in [-0.2, 0) is 6.42 Å². The Bertz CT molecular complexity index is 316. The van der Waals surface area contributed by atoms with Crippen molar-refractivity contribution in [3.8, 4) is 0 Å². The van der Waals surface area contributed by atoms with E-state index < -0.39 is 0 Å². The number of hydrogen-bond donors (Lipinski definition) is 4. The minimum Gasteiger partial charge on any atom is -0.314 e. The molecule has 0 saturated carbocycles. The molecule has 0 aromatic heterocycles. The second-order valence-corrected chi connectivity index (χ2v) is 5.04. The Morgan fingerprint density at radius 2 is 1.42 bits per heavy atom. The van der Waals surface area contributed by atoms with Crippen LogP contribution >= 0.6 is 0 Å². The summed E-state index contributed by atoms with van der Waals surface area (Å²) in [4.78, 5) is 0. The molecule has 1 aromatic carbocycles. The lowest BCUT2D eigenvalue weighted by Gasteiger charge is -2.21. The van der Waals surface area contributed by atoms with Crippen molar-refractivity contribution in [1.82, 2.24) is 21.3 Å². The minimum absolute atomic E-state index is 0.503. The van der Waals surface area contributed by atoms with Crippen molar-refractivity contribution in [2.45, 2.75) is 12.5 Å². The molecule has 106 valence electrons. The van der Waals surface area contributed by atoms with Crippen LogP contribution in [0.2, 0.25) is 0 Å². The first-order valence-corrected chi connectivity index (χ1v) is 7.34. The molecule has 1 saturated heterocycles. The van der Waals surface area contributed by atoms with Gasteiger partial charge in [0, 0.05) is 51.9 Å². The first-order valence-electron chi connectivity index (χ1n) is 7.34. The quantitative estimate of drug-likeness (QED) is 0.605. The van der Waals surface area contributed by atoms with Crippen molar-refractivity contribution in [2.24, 2.45) is 0 Å². The number of nitrogens with one attached hydrogen (secondary N) is 4. The molecule has 19 heavy (non-hydrogen) atoms. The van der Waals surface area contributed by atoms with E-state index in [0.717, 1.165) is 52.2 Å². The van der Waals surface area contributed by atoms with Gasteiger partial charge >= 0.3 is 0 Å². The molecule has 0 unspecified atom stereocenters. The van der Waals surface area contributed by atoms with Crippen LogP contribution < -0.4 is 21.3 Å². The summed E-state index contributed by atoms with van der Waals surface area (Å²) in [5.41, 5.74) is 1.40. The number of hydrogen-bond acceptors (Lipinski definition) is 4. The third-order valence-corrected chi connectivity index (χ3v) is 3.41. The molecule has 0 spiro atoms. The Kier molecular flexibility index (Phi) is 6.89. The van der Waals surface area contributed by atoms with Gasteiger partial charge in [-0.15, -0.1) is 0 Å². The fraction of sp³-hybridized carbons (Fsp3) is 0.600. The molecule has 4 N–H and O–H groups in total. The van der Waals surface area contributed by atoms with Crippen LogP contribution in [0.5, 0.6) is 0 Å². The molecule has 0 amide bonds. The molecule has 1 aromatic rings. The average molecular weight is 262 g/mol. The van der Waals surface area contributed by atoms with Crippen molar-refractivity contribution in [2.75, 3.05) is 45.8 Å². The van der Waals surface area contributed by atoms with Gasteiger partial charge in [0.2, 0.25) is 0 Å². The third kappa shape index (κ3) is 6.16. The molecular formula is C15H26N4. The Morgan fingerprint density at radius 3 is 2.16 bits per heavy atom. The largest absolute Gasteiger partial charge is 0.314 e. The second-order valence-electron chi connectivity index (χ2n) is 5.04. The highest BCUT2D eigenvalue weighted by Crippen LogP contribution is 2.02. The van der Waals surface area contributed by atoms with Gasteiger partial charge in [0.1, 0.15) is 0 Å². The summed E-state index contributed by atoms with van der Waals surface area (Å²) >= 11 is 0. The van der Waals surface area contributed by atoms with Gasteiger partial charge in [0.25, 0.3) is 0 Å². The Morgan fingerprint density at radius 1 is 0.789 bits per heavy atom. The van der Waals surface area contributed by atoms with Gasteiger partial charge in [-0.05, 0) is 12.0 Å². The highest BCUT2D eigenvalue weighted by Gasteiger charge is 2.08. The summed E-state index contributed by atoms with van der Waals surface area (Å²) in [7, 11) is 0. The lowest BCUT2D eigenvalue weighted by molar-refractivity contribution is 0.450. The van der Waals surface area contributed by atoms with E-state index in [4.69, 9.17) is 0 Å². The van der Waals surface area contributed by atoms with E-state index in [1.165, 1.54) is 5.56 Å². The van der Waals surface area contributed by atoms with Crippen molar-refractivity contribution in [3.05, 3.63) is 35.9 Å². The zero-order valence-corrected chi connectivity index (χ0v) is 11.6.